The summed E-state index contributed by atoms with van der Waals surface area (Å²) in [6.45, 7) is 0. The van der Waals surface area contributed by atoms with E-state index in [1.165, 1.54) is 4.90 Å². The number of benzene rings is 2. The van der Waals surface area contributed by atoms with Gasteiger partial charge in [0.1, 0.15) is 0 Å². The van der Waals surface area contributed by atoms with E-state index in [2.05, 4.69) is 5.32 Å². The van der Waals surface area contributed by atoms with Crippen molar-refractivity contribution in [1.29, 1.82) is 0 Å². The Morgan fingerprint density at radius 1 is 0.952 bits per heavy atom. The van der Waals surface area contributed by atoms with E-state index in [-0.39, 0.29) is 11.1 Å². The number of carbonyl (C=O) groups excluding carboxylic acids is 2. The summed E-state index contributed by atoms with van der Waals surface area (Å²) in [6.07, 6.45) is 0. The Morgan fingerprint density at radius 3 is 2.14 bits per heavy atom. The third kappa shape index (κ3) is 4.36. The molecule has 0 atom stereocenters. The van der Waals surface area contributed by atoms with Gasteiger partial charge in [-0.15, -0.1) is 0 Å². The van der Waals surface area contributed by atoms with Gasteiger partial charge < -0.3 is 10.2 Å². The van der Waals surface area contributed by atoms with Gasteiger partial charge in [-0.3, -0.25) is 9.59 Å². The number of rotatable bonds is 3. The number of carbonyl (C=O) groups is 2. The highest BCUT2D eigenvalue weighted by molar-refractivity contribution is 8.13. The second-order valence-electron chi connectivity index (χ2n) is 4.61. The first kappa shape index (κ1) is 15.1. The van der Waals surface area contributed by atoms with Crippen molar-refractivity contribution in [3.05, 3.63) is 60.2 Å². The Bertz CT molecular complexity index is 624. The lowest BCUT2D eigenvalue weighted by atomic mass is 10.2. The maximum absolute atomic E-state index is 12.0. The van der Waals surface area contributed by atoms with Crippen LogP contribution >= 0.6 is 11.8 Å². The number of nitrogens with one attached hydrogen (secondary N) is 1. The van der Waals surface area contributed by atoms with Crippen LogP contribution in [0.25, 0.3) is 0 Å². The molecule has 0 unspecified atom stereocenters. The minimum absolute atomic E-state index is 0.0314. The molecule has 0 aliphatic rings. The van der Waals surface area contributed by atoms with E-state index in [0.29, 0.717) is 11.3 Å². The van der Waals surface area contributed by atoms with Gasteiger partial charge in [-0.1, -0.05) is 18.2 Å². The van der Waals surface area contributed by atoms with Crippen LogP contribution in [-0.2, 0) is 0 Å². The topological polar surface area (TPSA) is 49.4 Å². The normalized spacial score (nSPS) is 10.0. The largest absolute Gasteiger partial charge is 0.339 e. The van der Waals surface area contributed by atoms with Gasteiger partial charge in [-0.05, 0) is 48.2 Å². The van der Waals surface area contributed by atoms with Gasteiger partial charge >= 0.3 is 0 Å². The van der Waals surface area contributed by atoms with E-state index < -0.39 is 0 Å². The molecule has 0 aliphatic carbocycles. The Labute approximate surface area is 128 Å². The molecule has 2 rings (SSSR count). The third-order valence-electron chi connectivity index (χ3n) is 2.72. The highest BCUT2D eigenvalue weighted by Gasteiger charge is 2.08. The van der Waals surface area contributed by atoms with Crippen LogP contribution in [0.2, 0.25) is 0 Å². The average Bonchev–Trinajstić information content (AvgIpc) is 2.50. The van der Waals surface area contributed by atoms with Crippen LogP contribution < -0.4 is 5.32 Å². The van der Waals surface area contributed by atoms with E-state index in [4.69, 9.17) is 0 Å². The van der Waals surface area contributed by atoms with E-state index in [9.17, 15) is 9.59 Å². The number of amides is 2. The standard InChI is InChI=1S/C16H16N2O2S/c1-18(2)16(20)21-14-10-8-13(9-11-14)17-15(19)12-6-4-3-5-7-12/h3-11H,1-2H3,(H,17,19). The second kappa shape index (κ2) is 6.95. The fourth-order valence-electron chi connectivity index (χ4n) is 1.59. The minimum Gasteiger partial charge on any atom is -0.339 e. The summed E-state index contributed by atoms with van der Waals surface area (Å²) in [4.78, 5) is 25.9. The smallest absolute Gasteiger partial charge is 0.285 e. The van der Waals surface area contributed by atoms with Gasteiger partial charge in [0, 0.05) is 30.2 Å². The van der Waals surface area contributed by atoms with Crippen molar-refractivity contribution in [3.8, 4) is 0 Å². The van der Waals surface area contributed by atoms with Gasteiger partial charge in [-0.2, -0.15) is 0 Å². The van der Waals surface area contributed by atoms with Crippen LogP contribution in [0.5, 0.6) is 0 Å². The fourth-order valence-corrected chi connectivity index (χ4v) is 2.25. The van der Waals surface area contributed by atoms with Gasteiger partial charge in [0.2, 0.25) is 0 Å². The molecule has 5 heteroatoms. The lowest BCUT2D eigenvalue weighted by Crippen LogP contribution is -2.16. The fraction of sp³-hybridized carbons (Fsp3) is 0.125. The van der Waals surface area contributed by atoms with E-state index in [0.717, 1.165) is 16.7 Å². The lowest BCUT2D eigenvalue weighted by molar-refractivity contribution is 0.102. The minimum atomic E-state index is -0.152. The summed E-state index contributed by atoms with van der Waals surface area (Å²) in [5, 5.41) is 2.79. The molecule has 0 saturated carbocycles. The summed E-state index contributed by atoms with van der Waals surface area (Å²) in [5.41, 5.74) is 1.31. The molecule has 108 valence electrons. The molecule has 21 heavy (non-hydrogen) atoms. The number of nitrogens with zero attached hydrogens (tertiary/aromatic N) is 1. The number of thioether (sulfide) groups is 1. The van der Waals surface area contributed by atoms with E-state index in [1.807, 2.05) is 30.3 Å². The Kier molecular flexibility index (Phi) is 5.00. The molecule has 2 aromatic carbocycles. The Morgan fingerprint density at radius 2 is 1.57 bits per heavy atom. The summed E-state index contributed by atoms with van der Waals surface area (Å²) in [5.74, 6) is -0.152. The van der Waals surface area contributed by atoms with Crippen molar-refractivity contribution < 1.29 is 9.59 Å². The highest BCUT2D eigenvalue weighted by Crippen LogP contribution is 2.22. The van der Waals surface area contributed by atoms with Gasteiger partial charge in [0.05, 0.1) is 0 Å². The van der Waals surface area contributed by atoms with Crippen LogP contribution in [-0.4, -0.2) is 30.1 Å². The number of hydrogen-bond donors (Lipinski definition) is 1. The predicted molar refractivity (Wildman–Crippen MR) is 85.8 cm³/mol. The van der Waals surface area contributed by atoms with Crippen molar-refractivity contribution in [1.82, 2.24) is 4.90 Å². The van der Waals surface area contributed by atoms with Crippen LogP contribution in [0.3, 0.4) is 0 Å². The zero-order chi connectivity index (χ0) is 15.2. The van der Waals surface area contributed by atoms with Crippen molar-refractivity contribution in [2.24, 2.45) is 0 Å². The highest BCUT2D eigenvalue weighted by atomic mass is 32.2. The summed E-state index contributed by atoms with van der Waals surface area (Å²) >= 11 is 1.15. The zero-order valence-electron chi connectivity index (χ0n) is 11.9. The van der Waals surface area contributed by atoms with Crippen LogP contribution in [0.1, 0.15) is 10.4 Å². The zero-order valence-corrected chi connectivity index (χ0v) is 12.7. The first-order valence-corrected chi connectivity index (χ1v) is 7.23. The molecule has 1 N–H and O–H groups in total. The molecule has 4 nitrogen and oxygen atoms in total. The molecule has 0 bridgehead atoms. The van der Waals surface area contributed by atoms with Crippen molar-refractivity contribution in [3.63, 3.8) is 0 Å². The maximum Gasteiger partial charge on any atom is 0.285 e. The van der Waals surface area contributed by atoms with Crippen LogP contribution in [0, 0.1) is 0 Å². The first-order valence-electron chi connectivity index (χ1n) is 6.42. The summed E-state index contributed by atoms with van der Waals surface area (Å²) in [6, 6.07) is 16.2. The molecule has 2 amide bonds. The van der Waals surface area contributed by atoms with Gasteiger partial charge in [-0.25, -0.2) is 0 Å². The first-order chi connectivity index (χ1) is 10.1. The summed E-state index contributed by atoms with van der Waals surface area (Å²) < 4.78 is 0. The molecule has 0 radical (unpaired) electrons. The summed E-state index contributed by atoms with van der Waals surface area (Å²) in [7, 11) is 3.42. The molecule has 0 heterocycles. The van der Waals surface area contributed by atoms with Crippen molar-refractivity contribution >= 4 is 28.6 Å². The quantitative estimate of drug-likeness (QED) is 0.879. The molecule has 0 saturated heterocycles. The SMILES string of the molecule is CN(C)C(=O)Sc1ccc(NC(=O)c2ccccc2)cc1. The monoisotopic (exact) mass is 300 g/mol. The number of hydrogen-bond acceptors (Lipinski definition) is 3. The molecular formula is C16H16N2O2S. The van der Waals surface area contributed by atoms with Gasteiger partial charge in [0.15, 0.2) is 0 Å². The Hall–Kier alpha value is -2.27. The predicted octanol–water partition coefficient (Wildman–Crippen LogP) is 3.71. The Balaban J connectivity index is 2.00. The second-order valence-corrected chi connectivity index (χ2v) is 5.63. The van der Waals surface area contributed by atoms with Crippen LogP contribution in [0.15, 0.2) is 59.5 Å². The van der Waals surface area contributed by atoms with E-state index in [1.54, 1.807) is 38.4 Å². The molecule has 0 fully saturated rings. The van der Waals surface area contributed by atoms with Crippen molar-refractivity contribution in [2.45, 2.75) is 4.90 Å². The van der Waals surface area contributed by atoms with Crippen LogP contribution in [0.4, 0.5) is 10.5 Å². The van der Waals surface area contributed by atoms with E-state index >= 15 is 0 Å². The molecule has 0 aromatic heterocycles. The maximum atomic E-state index is 12.0. The number of anilines is 1. The lowest BCUT2D eigenvalue weighted by Gasteiger charge is -2.10. The molecule has 2 aromatic rings. The molecule has 0 aliphatic heterocycles. The molecule has 0 spiro atoms. The van der Waals surface area contributed by atoms with Crippen molar-refractivity contribution in [2.75, 3.05) is 19.4 Å². The average molecular weight is 300 g/mol. The van der Waals surface area contributed by atoms with Gasteiger partial charge in [0.25, 0.3) is 11.1 Å². The third-order valence-corrected chi connectivity index (χ3v) is 3.77. The molecular weight excluding hydrogens is 284 g/mol.